The molecule has 0 aliphatic carbocycles. The molecule has 2 amide bonds. The van der Waals surface area contributed by atoms with Crippen molar-refractivity contribution in [3.63, 3.8) is 0 Å². The number of ether oxygens (including phenoxy) is 2. The number of carbonyl (C=O) groups excluding carboxylic acids is 4. The number of fused-ring (bicyclic) bond motifs is 10. The van der Waals surface area contributed by atoms with Crippen LogP contribution < -0.4 is 0 Å². The maximum Gasteiger partial charge on any atom is 0.355 e. The number of alkyl halides is 1. The normalized spacial score (nSPS) is 29.1. The summed E-state index contributed by atoms with van der Waals surface area (Å²) in [5.74, 6) is -2.95. The fourth-order valence-electron chi connectivity index (χ4n) is 10.7. The van der Waals surface area contributed by atoms with Gasteiger partial charge in [0.15, 0.2) is 10.4 Å². The number of non-ortho nitro benzene ring substituents is 1. The quantitative estimate of drug-likeness (QED) is 0.0775. The van der Waals surface area contributed by atoms with Crippen molar-refractivity contribution in [1.29, 1.82) is 0 Å². The van der Waals surface area contributed by atoms with E-state index >= 15 is 0 Å². The zero-order valence-electron chi connectivity index (χ0n) is 35.9. The number of carboxylic acids is 1. The van der Waals surface area contributed by atoms with Crippen LogP contribution >= 0.6 is 39.5 Å². The molecule has 4 fully saturated rings. The standard InChI is InChI=1S/C26H26BrN5O7S.C17H18N4O3S/c1-13(33)39-22(21-20-17-9-8-16(29(17)2)10-18(20)30(3)28-21)26(27)24(35)31-19(12-40-25(26)31)23(34)38-11-14-4-6-15(7-5-14)32(36)37;1-19-8-3-4-11(19)14-10(18-20(2)12(14)5-8)6-9-15(22)21-13(17(23)24)7-25-16(9)21/h4-7,12,16-17,22,25H,8-11H2,1-3H3;6-8,11,16H,3-5H2,1-2H3,(H,23,24)/b;9-6-/t16?,17?,22?,25-,26?;8?,11?,16-/m11/s1. The molecule has 11 rings (SSSR count). The number of β-lactam (4-membered cyclic amide) rings is 2. The zero-order chi connectivity index (χ0) is 46.0. The molecule has 1 N–H and O–H groups in total. The van der Waals surface area contributed by atoms with Crippen molar-refractivity contribution in [3.05, 3.63) is 102 Å². The first-order valence-corrected chi connectivity index (χ1v) is 23.8. The van der Waals surface area contributed by atoms with E-state index in [9.17, 15) is 39.2 Å². The van der Waals surface area contributed by atoms with Gasteiger partial charge < -0.3 is 14.6 Å². The molecule has 6 unspecified atom stereocenters. The second kappa shape index (κ2) is 16.0. The first-order valence-electron chi connectivity index (χ1n) is 21.1. The Balaban J connectivity index is 0.000000170. The average molecular weight is 991 g/mol. The van der Waals surface area contributed by atoms with E-state index in [-0.39, 0.29) is 41.0 Å². The number of rotatable bonds is 9. The Morgan fingerprint density at radius 3 is 2.17 bits per heavy atom. The summed E-state index contributed by atoms with van der Waals surface area (Å²) < 4.78 is 13.7. The van der Waals surface area contributed by atoms with Gasteiger partial charge in [-0.15, -0.1) is 23.5 Å². The highest BCUT2D eigenvalue weighted by atomic mass is 79.9. The number of aliphatic carboxylic acids is 1. The molecule has 8 aliphatic heterocycles. The minimum atomic E-state index is -1.34. The maximum absolute atomic E-state index is 13.8. The van der Waals surface area contributed by atoms with Gasteiger partial charge >= 0.3 is 17.9 Å². The topological polar surface area (TPSA) is 216 Å². The minimum absolute atomic E-state index is 0.0662. The van der Waals surface area contributed by atoms with Crippen LogP contribution in [0, 0.1) is 10.1 Å². The molecule has 22 heteroatoms. The lowest BCUT2D eigenvalue weighted by Gasteiger charge is -2.51. The predicted molar refractivity (Wildman–Crippen MR) is 238 cm³/mol. The number of amides is 2. The third-order valence-corrected chi connectivity index (χ3v) is 17.8. The van der Waals surface area contributed by atoms with Gasteiger partial charge in [-0.3, -0.25) is 53.5 Å². The summed E-state index contributed by atoms with van der Waals surface area (Å²) >= 11 is 6.28. The molecule has 19 nitrogen and oxygen atoms in total. The summed E-state index contributed by atoms with van der Waals surface area (Å²) in [6, 6.07) is 7.18. The van der Waals surface area contributed by atoms with Crippen LogP contribution in [-0.2, 0) is 67.0 Å². The van der Waals surface area contributed by atoms with Gasteiger partial charge in [0, 0.05) is 103 Å². The third-order valence-electron chi connectivity index (χ3n) is 14.1. The lowest BCUT2D eigenvalue weighted by Crippen LogP contribution is -2.70. The lowest BCUT2D eigenvalue weighted by molar-refractivity contribution is -0.384. The van der Waals surface area contributed by atoms with E-state index in [1.165, 1.54) is 82.2 Å². The van der Waals surface area contributed by atoms with Crippen LogP contribution in [0.25, 0.3) is 6.08 Å². The summed E-state index contributed by atoms with van der Waals surface area (Å²) in [7, 11) is 8.10. The molecule has 0 radical (unpaired) electrons. The van der Waals surface area contributed by atoms with Gasteiger partial charge in [0.05, 0.1) is 16.2 Å². The number of aromatic nitrogens is 4. The Labute approximate surface area is 389 Å². The van der Waals surface area contributed by atoms with E-state index in [1.54, 1.807) is 10.8 Å². The van der Waals surface area contributed by atoms with Crippen molar-refractivity contribution < 1.29 is 43.5 Å². The molecule has 2 aromatic heterocycles. The van der Waals surface area contributed by atoms with Gasteiger partial charge in [0.2, 0.25) is 0 Å². The Kier molecular flexibility index (Phi) is 10.7. The molecule has 4 bridgehead atoms. The summed E-state index contributed by atoms with van der Waals surface area (Å²) in [6.07, 6.45) is 7.04. The number of nitro benzene ring substituents is 1. The van der Waals surface area contributed by atoms with Gasteiger partial charge in [-0.25, -0.2) is 9.59 Å². The second-order valence-corrected chi connectivity index (χ2v) is 20.7. The summed E-state index contributed by atoms with van der Waals surface area (Å²) in [5.41, 5.74) is 7.32. The van der Waals surface area contributed by atoms with Crippen LogP contribution in [0.15, 0.2) is 52.0 Å². The SMILES string of the molecule is CC(=O)OC(c1nn(C)c2c1C1CCC(C2)N1C)C1(Br)C(=O)N2C(C(=O)OCc3ccc([N+](=O)[O-])cc3)=CS[C@@H]21.CN1C2CCC1c1c(/C=C3/C(=O)N4C(C(=O)O)=CS[C@H]34)nn(C)c1C2. The van der Waals surface area contributed by atoms with Crippen LogP contribution in [0.2, 0.25) is 0 Å². The second-order valence-electron chi connectivity index (χ2n) is 17.5. The van der Waals surface area contributed by atoms with Gasteiger partial charge in [0.25, 0.3) is 17.5 Å². The minimum Gasteiger partial charge on any atom is -0.477 e. The largest absolute Gasteiger partial charge is 0.477 e. The smallest absolute Gasteiger partial charge is 0.355 e. The number of halogens is 1. The lowest BCUT2D eigenvalue weighted by atomic mass is 9.85. The Morgan fingerprint density at radius 1 is 0.923 bits per heavy atom. The molecule has 0 spiro atoms. The number of hydrogen-bond acceptors (Lipinski definition) is 15. The highest BCUT2D eigenvalue weighted by Crippen LogP contribution is 2.59. The molecule has 8 aliphatic rings. The number of esters is 2. The van der Waals surface area contributed by atoms with E-state index in [2.05, 4.69) is 44.9 Å². The van der Waals surface area contributed by atoms with Crippen LogP contribution in [0.3, 0.4) is 0 Å². The van der Waals surface area contributed by atoms with Crippen LogP contribution in [-0.4, -0.2) is 120 Å². The van der Waals surface area contributed by atoms with Crippen molar-refractivity contribution in [1.82, 2.24) is 39.2 Å². The molecule has 8 atom stereocenters. The fourth-order valence-corrected chi connectivity index (χ4v) is 14.1. The summed E-state index contributed by atoms with van der Waals surface area (Å²) in [6.45, 7) is 1.19. The van der Waals surface area contributed by atoms with Crippen LogP contribution in [0.1, 0.15) is 90.3 Å². The third kappa shape index (κ3) is 6.71. The van der Waals surface area contributed by atoms with E-state index < -0.39 is 44.5 Å². The number of nitrogens with zero attached hydrogens (tertiary/aromatic N) is 9. The number of nitro groups is 1. The molecule has 4 saturated heterocycles. The highest BCUT2D eigenvalue weighted by molar-refractivity contribution is 9.10. The zero-order valence-corrected chi connectivity index (χ0v) is 39.1. The van der Waals surface area contributed by atoms with Crippen molar-refractivity contribution in [2.45, 2.75) is 97.4 Å². The molecule has 3 aromatic rings. The first-order chi connectivity index (χ1) is 31.0. The fraction of sp³-hybridized carbons (Fsp3) is 0.465. The number of likely N-dealkylation sites (N-methyl/N-ethyl adjacent to an activating group) is 2. The van der Waals surface area contributed by atoms with E-state index in [0.717, 1.165) is 49.1 Å². The first kappa shape index (κ1) is 43.6. The molecule has 340 valence electrons. The maximum atomic E-state index is 13.8. The number of thioether (sulfide) groups is 2. The van der Waals surface area contributed by atoms with Gasteiger partial charge in [0.1, 0.15) is 34.4 Å². The Hall–Kier alpha value is -5.29. The number of hydrogen-bond donors (Lipinski definition) is 1. The summed E-state index contributed by atoms with van der Waals surface area (Å²) in [4.78, 5) is 80.5. The number of carbonyl (C=O) groups is 5. The van der Waals surface area contributed by atoms with Gasteiger partial charge in [-0.1, -0.05) is 15.9 Å². The van der Waals surface area contributed by atoms with Crippen LogP contribution in [0.4, 0.5) is 5.69 Å². The molecular weight excluding hydrogens is 947 g/mol. The van der Waals surface area contributed by atoms with Gasteiger partial charge in [-0.2, -0.15) is 10.2 Å². The van der Waals surface area contributed by atoms with Crippen molar-refractivity contribution in [3.8, 4) is 0 Å². The van der Waals surface area contributed by atoms with Crippen LogP contribution in [0.5, 0.6) is 0 Å². The van der Waals surface area contributed by atoms with Crippen molar-refractivity contribution >= 4 is 80.9 Å². The Morgan fingerprint density at radius 2 is 1.54 bits per heavy atom. The predicted octanol–water partition coefficient (Wildman–Crippen LogP) is 4.59. The van der Waals surface area contributed by atoms with Crippen molar-refractivity contribution in [2.24, 2.45) is 14.1 Å². The summed E-state index contributed by atoms with van der Waals surface area (Å²) in [5, 5.41) is 31.8. The monoisotopic (exact) mass is 989 g/mol. The number of benzene rings is 1. The Bertz CT molecular complexity index is 2720. The van der Waals surface area contributed by atoms with Gasteiger partial charge in [-0.05, 0) is 63.6 Å². The number of aryl methyl sites for hydroxylation is 2. The van der Waals surface area contributed by atoms with E-state index in [0.29, 0.717) is 35.0 Å². The molecule has 65 heavy (non-hydrogen) atoms. The highest BCUT2D eigenvalue weighted by Gasteiger charge is 2.70. The van der Waals surface area contributed by atoms with Crippen molar-refractivity contribution in [2.75, 3.05) is 14.1 Å². The molecule has 1 aromatic carbocycles. The van der Waals surface area contributed by atoms with E-state index in [4.69, 9.17) is 14.6 Å². The average Bonchev–Trinajstić information content (AvgIpc) is 4.11. The molecule has 10 heterocycles. The molecule has 0 saturated carbocycles. The van der Waals surface area contributed by atoms with E-state index in [1.807, 2.05) is 29.5 Å². The number of carboxylic acid groups (broad SMARTS) is 1. The molecular formula is C43H44BrN9O10S2.